The fraction of sp³-hybridized carbons (Fsp3) is 1.00. The third-order valence-electron chi connectivity index (χ3n) is 2.95. The van der Waals surface area contributed by atoms with Crippen LogP contribution in [0.4, 0.5) is 0 Å². The van der Waals surface area contributed by atoms with Crippen molar-refractivity contribution in [3.8, 4) is 0 Å². The summed E-state index contributed by atoms with van der Waals surface area (Å²) in [4.78, 5) is 9.64. The quantitative estimate of drug-likeness (QED) is 0.724. The first-order chi connectivity index (χ1) is 6.23. The molecule has 1 aliphatic rings. The molecule has 3 nitrogen and oxygen atoms in total. The van der Waals surface area contributed by atoms with Gasteiger partial charge in [0.15, 0.2) is 0 Å². The Morgan fingerprint density at radius 2 is 2.00 bits per heavy atom. The van der Waals surface area contributed by atoms with Gasteiger partial charge < -0.3 is 9.42 Å². The molecule has 0 bridgehead atoms. The number of rotatable bonds is 5. The van der Waals surface area contributed by atoms with Crippen LogP contribution in [0.25, 0.3) is 0 Å². The molecule has 0 aromatic carbocycles. The Morgan fingerprint density at radius 1 is 1.50 bits per heavy atom. The lowest BCUT2D eigenvalue weighted by Crippen LogP contribution is -2.30. The van der Waals surface area contributed by atoms with Gasteiger partial charge in [0, 0.05) is 0 Å². The number of hydrogen-bond donors (Lipinski definition) is 1. The smallest absolute Gasteiger partial charge is 0.324 e. The molecule has 1 fully saturated rings. The van der Waals surface area contributed by atoms with Gasteiger partial charge in [0.1, 0.15) is 0 Å². The summed E-state index contributed by atoms with van der Waals surface area (Å²) in [6.07, 6.45) is 2.50. The summed E-state index contributed by atoms with van der Waals surface area (Å²) in [6, 6.07) is 0. The highest BCUT2D eigenvalue weighted by Gasteiger charge is 2.37. The van der Waals surface area contributed by atoms with E-state index in [4.69, 9.17) is 4.52 Å². The van der Waals surface area contributed by atoms with Crippen LogP contribution in [0.15, 0.2) is 0 Å². The fourth-order valence-corrected chi connectivity index (χ4v) is 3.18. The van der Waals surface area contributed by atoms with Gasteiger partial charge in [-0.1, -0.05) is 13.8 Å². The van der Waals surface area contributed by atoms with E-state index >= 15 is 0 Å². The highest BCUT2D eigenvalue weighted by molar-refractivity contribution is 7.52. The van der Waals surface area contributed by atoms with Crippen LogP contribution in [0.2, 0.25) is 0 Å². The summed E-state index contributed by atoms with van der Waals surface area (Å²) in [7, 11) is -3.36. The van der Waals surface area contributed by atoms with Crippen molar-refractivity contribution in [3.63, 3.8) is 0 Å². The average Bonchev–Trinajstić information content (AvgIpc) is 2.67. The molecule has 0 saturated heterocycles. The Morgan fingerprint density at radius 3 is 2.36 bits per heavy atom. The lowest BCUT2D eigenvalue weighted by Gasteiger charge is -2.31. The van der Waals surface area contributed by atoms with Crippen molar-refractivity contribution in [2.24, 2.45) is 11.8 Å². The Balaban J connectivity index is 2.51. The van der Waals surface area contributed by atoms with Crippen LogP contribution in [0.5, 0.6) is 0 Å². The van der Waals surface area contributed by atoms with Gasteiger partial charge in [-0.2, -0.15) is 0 Å². The third-order valence-corrected chi connectivity index (χ3v) is 4.69. The standard InChI is InChI=1S/C10H21O3P/c1-8(2)10(3,4)13-14(11,12)7-9-5-6-9/h8-9H,5-7H2,1-4H3,(H,11,12). The molecule has 0 heterocycles. The second-order valence-corrected chi connectivity index (χ2v) is 6.94. The lowest BCUT2D eigenvalue weighted by molar-refractivity contribution is 0.0474. The van der Waals surface area contributed by atoms with Gasteiger partial charge in [0.2, 0.25) is 0 Å². The maximum atomic E-state index is 11.7. The van der Waals surface area contributed by atoms with Crippen LogP contribution in [-0.2, 0) is 9.09 Å². The van der Waals surface area contributed by atoms with Crippen LogP contribution >= 0.6 is 7.60 Å². The first kappa shape index (κ1) is 12.2. The molecule has 1 saturated carbocycles. The summed E-state index contributed by atoms with van der Waals surface area (Å²) in [5.41, 5.74) is -0.515. The predicted octanol–water partition coefficient (Wildman–Crippen LogP) is 3.03. The molecule has 0 aromatic rings. The molecule has 84 valence electrons. The minimum atomic E-state index is -3.36. The van der Waals surface area contributed by atoms with Crippen LogP contribution < -0.4 is 0 Å². The first-order valence-electron chi connectivity index (χ1n) is 5.25. The fourth-order valence-electron chi connectivity index (χ4n) is 1.14. The van der Waals surface area contributed by atoms with E-state index in [-0.39, 0.29) is 5.92 Å². The van der Waals surface area contributed by atoms with Crippen LogP contribution in [-0.4, -0.2) is 16.7 Å². The SMILES string of the molecule is CC(C)C(C)(C)OP(=O)(O)CC1CC1. The van der Waals surface area contributed by atoms with E-state index in [0.29, 0.717) is 12.1 Å². The second kappa shape index (κ2) is 3.96. The van der Waals surface area contributed by atoms with Crippen LogP contribution in [0.3, 0.4) is 0 Å². The van der Waals surface area contributed by atoms with Gasteiger partial charge in [-0.25, -0.2) is 0 Å². The summed E-state index contributed by atoms with van der Waals surface area (Å²) in [5.74, 6) is 0.663. The zero-order valence-electron chi connectivity index (χ0n) is 9.49. The molecule has 0 aliphatic heterocycles. The van der Waals surface area contributed by atoms with Crippen LogP contribution in [0, 0.1) is 11.8 Å². The van der Waals surface area contributed by atoms with Gasteiger partial charge >= 0.3 is 7.60 Å². The molecule has 1 rings (SSSR count). The van der Waals surface area contributed by atoms with Gasteiger partial charge in [-0.15, -0.1) is 0 Å². The van der Waals surface area contributed by atoms with Crippen molar-refractivity contribution in [1.29, 1.82) is 0 Å². The summed E-state index contributed by atoms with van der Waals surface area (Å²) in [6.45, 7) is 7.73. The molecule has 1 N–H and O–H groups in total. The summed E-state index contributed by atoms with van der Waals surface area (Å²) < 4.78 is 17.1. The molecule has 4 heteroatoms. The maximum Gasteiger partial charge on any atom is 0.328 e. The van der Waals surface area contributed by atoms with E-state index in [9.17, 15) is 9.46 Å². The van der Waals surface area contributed by atoms with Gasteiger partial charge in [0.25, 0.3) is 0 Å². The Labute approximate surface area is 86.4 Å². The Kier molecular flexibility index (Phi) is 3.45. The molecular formula is C10H21O3P. The van der Waals surface area contributed by atoms with E-state index in [1.807, 2.05) is 27.7 Å². The predicted molar refractivity (Wildman–Crippen MR) is 57.4 cm³/mol. The van der Waals surface area contributed by atoms with Crippen molar-refractivity contribution in [1.82, 2.24) is 0 Å². The van der Waals surface area contributed by atoms with E-state index in [2.05, 4.69) is 0 Å². The molecule has 0 spiro atoms. The van der Waals surface area contributed by atoms with Gasteiger partial charge in [-0.05, 0) is 38.5 Å². The largest absolute Gasteiger partial charge is 0.328 e. The van der Waals surface area contributed by atoms with E-state index in [0.717, 1.165) is 12.8 Å². The topological polar surface area (TPSA) is 46.5 Å². The molecule has 1 unspecified atom stereocenters. The van der Waals surface area contributed by atoms with Crippen molar-refractivity contribution in [2.75, 3.05) is 6.16 Å². The molecule has 1 atom stereocenters. The molecular weight excluding hydrogens is 199 g/mol. The van der Waals surface area contributed by atoms with Gasteiger partial charge in [0.05, 0.1) is 11.8 Å². The summed E-state index contributed by atoms with van der Waals surface area (Å²) in [5, 5.41) is 0. The van der Waals surface area contributed by atoms with Crippen molar-refractivity contribution < 1.29 is 14.0 Å². The molecule has 0 amide bonds. The average molecular weight is 220 g/mol. The molecule has 14 heavy (non-hydrogen) atoms. The highest BCUT2D eigenvalue weighted by atomic mass is 31.2. The zero-order chi connectivity index (χ0) is 11.0. The Bertz CT molecular complexity index is 244. The second-order valence-electron chi connectivity index (χ2n) is 5.11. The van der Waals surface area contributed by atoms with Crippen LogP contribution in [0.1, 0.15) is 40.5 Å². The zero-order valence-corrected chi connectivity index (χ0v) is 10.4. The van der Waals surface area contributed by atoms with Crippen molar-refractivity contribution >= 4 is 7.60 Å². The van der Waals surface area contributed by atoms with E-state index in [1.165, 1.54) is 0 Å². The summed E-state index contributed by atoms with van der Waals surface area (Å²) >= 11 is 0. The highest BCUT2D eigenvalue weighted by Crippen LogP contribution is 2.53. The number of hydrogen-bond acceptors (Lipinski definition) is 2. The van der Waals surface area contributed by atoms with Gasteiger partial charge in [-0.3, -0.25) is 4.57 Å². The minimum Gasteiger partial charge on any atom is -0.324 e. The Hall–Kier alpha value is 0.150. The minimum absolute atomic E-state index is 0.238. The van der Waals surface area contributed by atoms with E-state index < -0.39 is 13.2 Å². The van der Waals surface area contributed by atoms with E-state index in [1.54, 1.807) is 0 Å². The molecule has 1 aliphatic carbocycles. The maximum absolute atomic E-state index is 11.7. The molecule has 0 radical (unpaired) electrons. The van der Waals surface area contributed by atoms with Crippen molar-refractivity contribution in [2.45, 2.75) is 46.1 Å². The third kappa shape index (κ3) is 3.72. The normalized spacial score (nSPS) is 22.4. The van der Waals surface area contributed by atoms with Crippen molar-refractivity contribution in [3.05, 3.63) is 0 Å². The monoisotopic (exact) mass is 220 g/mol. The lowest BCUT2D eigenvalue weighted by atomic mass is 9.95. The molecule has 0 aromatic heterocycles. The first-order valence-corrected chi connectivity index (χ1v) is 7.02.